The van der Waals surface area contributed by atoms with E-state index in [1.165, 1.54) is 0 Å². The summed E-state index contributed by atoms with van der Waals surface area (Å²) in [5.74, 6) is 5.78. The zero-order valence-corrected chi connectivity index (χ0v) is 13.8. The van der Waals surface area contributed by atoms with Crippen LogP contribution in [0.25, 0.3) is 22.1 Å². The van der Waals surface area contributed by atoms with E-state index >= 15 is 0 Å². The number of rotatable bonds is 2. The second-order valence-electron chi connectivity index (χ2n) is 5.14. The number of nitrogens with zero attached hydrogens (tertiary/aromatic N) is 4. The lowest BCUT2D eigenvalue weighted by Crippen LogP contribution is -2.12. The fourth-order valence-electron chi connectivity index (χ4n) is 2.57. The summed E-state index contributed by atoms with van der Waals surface area (Å²) in [4.78, 5) is 7.66. The van der Waals surface area contributed by atoms with E-state index in [1.807, 2.05) is 24.3 Å². The Bertz CT molecular complexity index is 1100. The van der Waals surface area contributed by atoms with Crippen LogP contribution >= 0.6 is 15.9 Å². The van der Waals surface area contributed by atoms with Crippen molar-refractivity contribution in [2.75, 3.05) is 0 Å². The van der Waals surface area contributed by atoms with Crippen molar-refractivity contribution in [1.82, 2.24) is 20.2 Å². The van der Waals surface area contributed by atoms with Crippen LogP contribution in [0.2, 0.25) is 0 Å². The molecule has 118 valence electrons. The maximum atomic E-state index is 10.1. The van der Waals surface area contributed by atoms with Crippen LogP contribution in [0.15, 0.2) is 52.0 Å². The number of hydrazone groups is 1. The van der Waals surface area contributed by atoms with Gasteiger partial charge in [0, 0.05) is 20.9 Å². The summed E-state index contributed by atoms with van der Waals surface area (Å²) in [5, 5.41) is 23.1. The molecule has 0 unspecified atom stereocenters. The Morgan fingerprint density at radius 1 is 1.17 bits per heavy atom. The zero-order valence-electron chi connectivity index (χ0n) is 12.2. The lowest BCUT2D eigenvalue weighted by Gasteiger charge is -2.06. The van der Waals surface area contributed by atoms with Crippen LogP contribution in [-0.2, 0) is 0 Å². The Hall–Kier alpha value is -3.00. The quantitative estimate of drug-likeness (QED) is 0.280. The Morgan fingerprint density at radius 2 is 2.00 bits per heavy atom. The Balaban J connectivity index is 1.91. The predicted molar refractivity (Wildman–Crippen MR) is 94.8 cm³/mol. The highest BCUT2D eigenvalue weighted by molar-refractivity contribution is 9.10. The van der Waals surface area contributed by atoms with Crippen LogP contribution in [0.3, 0.4) is 0 Å². The van der Waals surface area contributed by atoms with Gasteiger partial charge in [0.25, 0.3) is 0 Å². The number of aromatic nitrogens is 4. The number of hydrogen-bond acceptors (Lipinski definition) is 6. The maximum Gasteiger partial charge on any atom is 0.204 e. The number of fused-ring (bicyclic) bond motifs is 3. The molecule has 4 aromatic rings. The first-order chi connectivity index (χ1) is 11.7. The van der Waals surface area contributed by atoms with Crippen LogP contribution in [0.4, 0.5) is 0 Å². The van der Waals surface area contributed by atoms with Crippen molar-refractivity contribution in [3.05, 3.63) is 58.3 Å². The first kappa shape index (κ1) is 14.6. The van der Waals surface area contributed by atoms with Gasteiger partial charge in [-0.3, -0.25) is 0 Å². The number of para-hydroxylation sites is 1. The van der Waals surface area contributed by atoms with Gasteiger partial charge in [0.1, 0.15) is 17.0 Å². The van der Waals surface area contributed by atoms with Crippen molar-refractivity contribution < 1.29 is 5.11 Å². The highest BCUT2D eigenvalue weighted by atomic mass is 79.9. The fourth-order valence-corrected chi connectivity index (χ4v) is 2.93. The van der Waals surface area contributed by atoms with Crippen LogP contribution in [-0.4, -0.2) is 31.0 Å². The van der Waals surface area contributed by atoms with E-state index in [0.29, 0.717) is 16.7 Å². The second kappa shape index (κ2) is 5.57. The molecule has 7 nitrogen and oxygen atoms in total. The van der Waals surface area contributed by atoms with E-state index in [0.717, 1.165) is 15.4 Å². The Morgan fingerprint density at radius 3 is 2.83 bits per heavy atom. The molecule has 0 saturated carbocycles. The first-order valence-corrected chi connectivity index (χ1v) is 7.85. The summed E-state index contributed by atoms with van der Waals surface area (Å²) in [6.07, 6.45) is 0. The number of hydrogen-bond donors (Lipinski definition) is 3. The minimum atomic E-state index is 0.0303. The lowest BCUT2D eigenvalue weighted by atomic mass is 10.1. The SMILES string of the molecule is N/N=C(/c1nnc2c(n1)[nH]c1ccccc12)c1cc(Br)ccc1O. The molecule has 0 saturated heterocycles. The molecule has 0 bridgehead atoms. The van der Waals surface area contributed by atoms with Crippen LogP contribution in [0.5, 0.6) is 5.75 Å². The molecule has 4 N–H and O–H groups in total. The molecule has 0 aliphatic heterocycles. The van der Waals surface area contributed by atoms with Gasteiger partial charge < -0.3 is 15.9 Å². The predicted octanol–water partition coefficient (Wildman–Crippen LogP) is 2.69. The topological polar surface area (TPSA) is 113 Å². The van der Waals surface area contributed by atoms with E-state index in [-0.39, 0.29) is 17.3 Å². The van der Waals surface area contributed by atoms with Crippen molar-refractivity contribution >= 4 is 43.7 Å². The molecule has 8 heteroatoms. The zero-order chi connectivity index (χ0) is 16.7. The molecule has 24 heavy (non-hydrogen) atoms. The number of phenolic OH excluding ortho intramolecular Hbond substituents is 1. The highest BCUT2D eigenvalue weighted by Crippen LogP contribution is 2.25. The average molecular weight is 383 g/mol. The number of nitrogens with one attached hydrogen (secondary N) is 1. The van der Waals surface area contributed by atoms with Gasteiger partial charge in [-0.05, 0) is 24.3 Å². The van der Waals surface area contributed by atoms with Crippen molar-refractivity contribution in [2.24, 2.45) is 10.9 Å². The minimum absolute atomic E-state index is 0.0303. The first-order valence-electron chi connectivity index (χ1n) is 7.05. The van der Waals surface area contributed by atoms with E-state index in [2.05, 4.69) is 41.2 Å². The van der Waals surface area contributed by atoms with Gasteiger partial charge in [-0.25, -0.2) is 4.98 Å². The molecule has 2 aromatic carbocycles. The Labute approximate surface area is 144 Å². The normalized spacial score (nSPS) is 12.1. The standard InChI is InChI=1S/C16H11BrN6O/c17-8-5-6-12(24)10(7-8)13(21-18)16-20-15-14(22-23-16)9-3-1-2-4-11(9)19-15/h1-7,24H,18H2,(H,19,20,23)/b21-13+. The number of phenols is 1. The number of H-pyrrole nitrogens is 1. The molecule has 2 aromatic heterocycles. The van der Waals surface area contributed by atoms with Gasteiger partial charge in [-0.15, -0.1) is 10.2 Å². The number of nitrogens with two attached hydrogens (primary N) is 1. The van der Waals surface area contributed by atoms with Crippen molar-refractivity contribution in [1.29, 1.82) is 0 Å². The van der Waals surface area contributed by atoms with E-state index < -0.39 is 0 Å². The van der Waals surface area contributed by atoms with Crippen LogP contribution in [0.1, 0.15) is 11.4 Å². The summed E-state index contributed by atoms with van der Waals surface area (Å²) in [7, 11) is 0. The molecule has 2 heterocycles. The third kappa shape index (κ3) is 2.28. The molecule has 0 amide bonds. The number of aromatic amines is 1. The summed E-state index contributed by atoms with van der Waals surface area (Å²) in [6.45, 7) is 0. The molecular weight excluding hydrogens is 372 g/mol. The molecule has 0 radical (unpaired) electrons. The third-order valence-electron chi connectivity index (χ3n) is 3.68. The monoisotopic (exact) mass is 382 g/mol. The summed E-state index contributed by atoms with van der Waals surface area (Å²) in [5.41, 5.74) is 2.84. The van der Waals surface area contributed by atoms with Crippen molar-refractivity contribution in [3.8, 4) is 5.75 Å². The summed E-state index contributed by atoms with van der Waals surface area (Å²) in [6, 6.07) is 12.7. The molecular formula is C16H11BrN6O. The lowest BCUT2D eigenvalue weighted by molar-refractivity contribution is 0.474. The van der Waals surface area contributed by atoms with Crippen molar-refractivity contribution in [2.45, 2.75) is 0 Å². The van der Waals surface area contributed by atoms with E-state index in [1.54, 1.807) is 18.2 Å². The average Bonchev–Trinajstić information content (AvgIpc) is 2.96. The van der Waals surface area contributed by atoms with Crippen LogP contribution in [0, 0.1) is 0 Å². The number of halogens is 1. The Kier molecular flexibility index (Phi) is 3.39. The van der Waals surface area contributed by atoms with Gasteiger partial charge in [0.2, 0.25) is 5.82 Å². The second-order valence-corrected chi connectivity index (χ2v) is 6.06. The van der Waals surface area contributed by atoms with E-state index in [4.69, 9.17) is 5.84 Å². The summed E-state index contributed by atoms with van der Waals surface area (Å²) >= 11 is 3.36. The maximum absolute atomic E-state index is 10.1. The highest BCUT2D eigenvalue weighted by Gasteiger charge is 2.17. The molecule has 4 rings (SSSR count). The smallest absolute Gasteiger partial charge is 0.204 e. The molecule has 0 aliphatic carbocycles. The molecule has 0 fully saturated rings. The molecule has 0 spiro atoms. The van der Waals surface area contributed by atoms with Gasteiger partial charge >= 0.3 is 0 Å². The number of aromatic hydroxyl groups is 1. The van der Waals surface area contributed by atoms with Gasteiger partial charge in [-0.2, -0.15) is 5.10 Å². The van der Waals surface area contributed by atoms with E-state index in [9.17, 15) is 5.11 Å². The molecule has 0 atom stereocenters. The number of benzene rings is 2. The van der Waals surface area contributed by atoms with Gasteiger partial charge in [0.15, 0.2) is 5.65 Å². The molecule has 0 aliphatic rings. The van der Waals surface area contributed by atoms with Crippen molar-refractivity contribution in [3.63, 3.8) is 0 Å². The van der Waals surface area contributed by atoms with Crippen LogP contribution < -0.4 is 5.84 Å². The fraction of sp³-hybridized carbons (Fsp3) is 0. The van der Waals surface area contributed by atoms with Gasteiger partial charge in [-0.1, -0.05) is 34.1 Å². The third-order valence-corrected chi connectivity index (χ3v) is 4.17. The van der Waals surface area contributed by atoms with Gasteiger partial charge in [0.05, 0.1) is 0 Å². The minimum Gasteiger partial charge on any atom is -0.507 e. The largest absolute Gasteiger partial charge is 0.507 e. The summed E-state index contributed by atoms with van der Waals surface area (Å²) < 4.78 is 0.774.